The lowest BCUT2D eigenvalue weighted by atomic mass is 10.2. The molecular weight excluding hydrogens is 224 g/mol. The van der Waals surface area contributed by atoms with Gasteiger partial charge in [-0.3, -0.25) is 4.79 Å². The Hall–Kier alpha value is -2.09. The first-order valence-corrected chi connectivity index (χ1v) is 5.92. The van der Waals surface area contributed by atoms with Gasteiger partial charge < -0.3 is 4.74 Å². The van der Waals surface area contributed by atoms with Crippen molar-refractivity contribution in [1.29, 1.82) is 0 Å². The summed E-state index contributed by atoms with van der Waals surface area (Å²) >= 11 is 0. The average molecular weight is 242 g/mol. The quantitative estimate of drug-likeness (QED) is 0.519. The average Bonchev–Trinajstić information content (AvgIpc) is 2.57. The van der Waals surface area contributed by atoms with Crippen LogP contribution in [0.1, 0.15) is 19.8 Å². The number of carbonyl (C=O) groups is 1. The first kappa shape index (κ1) is 14.0. The van der Waals surface area contributed by atoms with Crippen molar-refractivity contribution in [1.82, 2.24) is 0 Å². The van der Waals surface area contributed by atoms with Crippen LogP contribution in [0.15, 0.2) is 72.8 Å². The number of Topliss-reactive ketones (excluding diaryl/α,β-unsaturated/α-hetero) is 1. The number of hydrogen-bond donors (Lipinski definition) is 0. The van der Waals surface area contributed by atoms with E-state index in [4.69, 9.17) is 4.74 Å². The van der Waals surface area contributed by atoms with Crippen molar-refractivity contribution < 1.29 is 9.53 Å². The Morgan fingerprint density at radius 2 is 2.33 bits per heavy atom. The molecule has 1 aliphatic carbocycles. The molecule has 1 aliphatic rings. The van der Waals surface area contributed by atoms with Gasteiger partial charge in [-0.1, -0.05) is 37.0 Å². The Balaban J connectivity index is 2.69. The number of rotatable bonds is 6. The van der Waals surface area contributed by atoms with Gasteiger partial charge in [0.1, 0.15) is 17.3 Å². The maximum Gasteiger partial charge on any atom is 0.133 e. The highest BCUT2D eigenvalue weighted by atomic mass is 16.5. The fourth-order valence-corrected chi connectivity index (χ4v) is 1.34. The summed E-state index contributed by atoms with van der Waals surface area (Å²) in [5.74, 6) is 1.56. The molecule has 0 N–H and O–H groups in total. The molecular formula is C16H18O2. The standard InChI is InChI=1S/C16H18O2/c1-3-9-15(13-8-10-14(2)17)18-16-11-6-4-5-7-12-16/h3-4,6-9,11-13H,1,5,10H2,2H3/b13-8-,15-9+. The second-order valence-electron chi connectivity index (χ2n) is 3.85. The van der Waals surface area contributed by atoms with Gasteiger partial charge in [0.25, 0.3) is 0 Å². The monoisotopic (exact) mass is 242 g/mol. The van der Waals surface area contributed by atoms with E-state index in [1.807, 2.05) is 24.3 Å². The molecule has 0 atom stereocenters. The maximum atomic E-state index is 10.9. The first-order valence-electron chi connectivity index (χ1n) is 5.92. The minimum Gasteiger partial charge on any atom is -0.457 e. The summed E-state index contributed by atoms with van der Waals surface area (Å²) in [6.45, 7) is 5.21. The smallest absolute Gasteiger partial charge is 0.133 e. The van der Waals surface area contributed by atoms with Crippen LogP contribution in [-0.4, -0.2) is 5.78 Å². The third-order valence-electron chi connectivity index (χ3n) is 2.16. The number of allylic oxidation sites excluding steroid dienone is 9. The van der Waals surface area contributed by atoms with Gasteiger partial charge in [-0.15, -0.1) is 0 Å². The zero-order valence-electron chi connectivity index (χ0n) is 10.6. The molecule has 0 amide bonds. The van der Waals surface area contributed by atoms with E-state index >= 15 is 0 Å². The fourth-order valence-electron chi connectivity index (χ4n) is 1.34. The molecule has 0 aromatic carbocycles. The highest BCUT2D eigenvalue weighted by Gasteiger charge is 1.98. The van der Waals surface area contributed by atoms with Crippen molar-refractivity contribution in [3.05, 3.63) is 72.8 Å². The third-order valence-corrected chi connectivity index (χ3v) is 2.16. The molecule has 0 fully saturated rings. The molecule has 2 heteroatoms. The van der Waals surface area contributed by atoms with Crippen molar-refractivity contribution in [3.8, 4) is 0 Å². The van der Waals surface area contributed by atoms with Crippen LogP contribution < -0.4 is 0 Å². The Bertz CT molecular complexity index is 446. The molecule has 0 saturated heterocycles. The van der Waals surface area contributed by atoms with Crippen LogP contribution in [0, 0.1) is 0 Å². The number of ether oxygens (including phenoxy) is 1. The van der Waals surface area contributed by atoms with E-state index < -0.39 is 0 Å². The minimum atomic E-state index is 0.126. The lowest BCUT2D eigenvalue weighted by Crippen LogP contribution is -1.89. The molecule has 0 aromatic rings. The van der Waals surface area contributed by atoms with Gasteiger partial charge >= 0.3 is 0 Å². The van der Waals surface area contributed by atoms with Crippen LogP contribution in [0.25, 0.3) is 0 Å². The molecule has 0 heterocycles. The molecule has 0 bridgehead atoms. The summed E-state index contributed by atoms with van der Waals surface area (Å²) in [5, 5.41) is 0. The number of carbonyl (C=O) groups excluding carboxylic acids is 1. The van der Waals surface area contributed by atoms with E-state index in [-0.39, 0.29) is 5.78 Å². The number of ketones is 1. The minimum absolute atomic E-state index is 0.126. The van der Waals surface area contributed by atoms with Crippen molar-refractivity contribution in [2.45, 2.75) is 19.8 Å². The predicted octanol–water partition coefficient (Wildman–Crippen LogP) is 4.01. The van der Waals surface area contributed by atoms with Crippen LogP contribution >= 0.6 is 0 Å². The second kappa shape index (κ2) is 8.07. The van der Waals surface area contributed by atoms with Crippen LogP contribution in [0.3, 0.4) is 0 Å². The molecule has 0 radical (unpaired) electrons. The van der Waals surface area contributed by atoms with Gasteiger partial charge in [0.15, 0.2) is 0 Å². The highest BCUT2D eigenvalue weighted by Crippen LogP contribution is 2.13. The van der Waals surface area contributed by atoms with Crippen LogP contribution in [0.2, 0.25) is 0 Å². The summed E-state index contributed by atoms with van der Waals surface area (Å²) in [5.41, 5.74) is 0. The largest absolute Gasteiger partial charge is 0.457 e. The van der Waals surface area contributed by atoms with Crippen molar-refractivity contribution in [2.75, 3.05) is 0 Å². The van der Waals surface area contributed by atoms with Gasteiger partial charge in [-0.2, -0.15) is 0 Å². The summed E-state index contributed by atoms with van der Waals surface area (Å²) in [6, 6.07) is 0. The van der Waals surface area contributed by atoms with Gasteiger partial charge in [0, 0.05) is 6.42 Å². The molecule has 0 aliphatic heterocycles. The van der Waals surface area contributed by atoms with Crippen molar-refractivity contribution in [2.24, 2.45) is 0 Å². The molecule has 0 spiro atoms. The second-order valence-corrected chi connectivity index (χ2v) is 3.85. The van der Waals surface area contributed by atoms with E-state index in [1.165, 1.54) is 0 Å². The Kier molecular flexibility index (Phi) is 6.26. The van der Waals surface area contributed by atoms with Gasteiger partial charge in [0.2, 0.25) is 0 Å². The Labute approximate surface area is 108 Å². The molecule has 0 aromatic heterocycles. The topological polar surface area (TPSA) is 26.3 Å². The lowest BCUT2D eigenvalue weighted by Gasteiger charge is -2.06. The van der Waals surface area contributed by atoms with Crippen molar-refractivity contribution in [3.63, 3.8) is 0 Å². The molecule has 1 rings (SSSR count). The number of hydrogen-bond acceptors (Lipinski definition) is 2. The molecule has 18 heavy (non-hydrogen) atoms. The van der Waals surface area contributed by atoms with Crippen LogP contribution in [0.4, 0.5) is 0 Å². The lowest BCUT2D eigenvalue weighted by molar-refractivity contribution is -0.116. The normalized spacial score (nSPS) is 15.4. The summed E-state index contributed by atoms with van der Waals surface area (Å²) < 4.78 is 5.71. The first-order chi connectivity index (χ1) is 8.72. The highest BCUT2D eigenvalue weighted by molar-refractivity contribution is 5.77. The zero-order valence-corrected chi connectivity index (χ0v) is 10.6. The van der Waals surface area contributed by atoms with Crippen LogP contribution in [-0.2, 0) is 9.53 Å². The van der Waals surface area contributed by atoms with E-state index in [1.54, 1.807) is 31.2 Å². The van der Waals surface area contributed by atoms with E-state index in [0.29, 0.717) is 12.2 Å². The Morgan fingerprint density at radius 1 is 1.50 bits per heavy atom. The molecule has 2 nitrogen and oxygen atoms in total. The fraction of sp³-hybridized carbons (Fsp3) is 0.188. The predicted molar refractivity (Wildman–Crippen MR) is 74.8 cm³/mol. The molecule has 94 valence electrons. The van der Waals surface area contributed by atoms with E-state index in [2.05, 4.69) is 12.7 Å². The molecule has 0 saturated carbocycles. The van der Waals surface area contributed by atoms with Crippen molar-refractivity contribution >= 4 is 5.78 Å². The van der Waals surface area contributed by atoms with Gasteiger partial charge in [-0.05, 0) is 37.6 Å². The third kappa shape index (κ3) is 5.85. The summed E-state index contributed by atoms with van der Waals surface area (Å²) in [6.07, 6.45) is 18.2. The van der Waals surface area contributed by atoms with E-state index in [9.17, 15) is 4.79 Å². The summed E-state index contributed by atoms with van der Waals surface area (Å²) in [7, 11) is 0. The van der Waals surface area contributed by atoms with E-state index in [0.717, 1.165) is 12.2 Å². The maximum absolute atomic E-state index is 10.9. The molecule has 0 unspecified atom stereocenters. The van der Waals surface area contributed by atoms with Gasteiger partial charge in [0.05, 0.1) is 0 Å². The Morgan fingerprint density at radius 3 is 3.06 bits per heavy atom. The zero-order chi connectivity index (χ0) is 13.2. The SMILES string of the molecule is C=C/C=C(\C=C/CC(C)=O)OC1=CC=CCC=C1. The summed E-state index contributed by atoms with van der Waals surface area (Å²) in [4.78, 5) is 10.9. The van der Waals surface area contributed by atoms with Gasteiger partial charge in [-0.25, -0.2) is 0 Å². The van der Waals surface area contributed by atoms with Crippen LogP contribution in [0.5, 0.6) is 0 Å².